The molecule has 0 aliphatic rings. The third-order valence-electron chi connectivity index (χ3n) is 3.49. The van der Waals surface area contributed by atoms with E-state index in [4.69, 9.17) is 9.47 Å². The monoisotopic (exact) mass is 356 g/mol. The van der Waals surface area contributed by atoms with Crippen molar-refractivity contribution in [1.82, 2.24) is 5.32 Å². The molecule has 2 rings (SSSR count). The molecule has 6 nitrogen and oxygen atoms in total. The maximum Gasteiger partial charge on any atom is 0.262 e. The Labute approximate surface area is 153 Å². The van der Waals surface area contributed by atoms with Gasteiger partial charge in [-0.15, -0.1) is 0 Å². The van der Waals surface area contributed by atoms with Gasteiger partial charge in [0.25, 0.3) is 11.8 Å². The minimum absolute atomic E-state index is 0.142. The molecule has 2 aromatic rings. The molecule has 0 fully saturated rings. The van der Waals surface area contributed by atoms with Gasteiger partial charge < -0.3 is 20.1 Å². The first-order valence-electron chi connectivity index (χ1n) is 8.43. The number of nitrogens with one attached hydrogen (secondary N) is 2. The fraction of sp³-hybridized carbons (Fsp3) is 0.300. The highest BCUT2D eigenvalue weighted by molar-refractivity contribution is 5.97. The standard InChI is InChI=1S/C20H24N2O4/c1-14(2)12-21-20(24)15-6-4-7-16(10-15)22-19(23)13-26-18-9-5-8-17(11-18)25-3/h4-11,14H,12-13H2,1-3H3,(H,21,24)(H,22,23). The Kier molecular flexibility index (Phi) is 7.02. The maximum absolute atomic E-state index is 12.1. The topological polar surface area (TPSA) is 76.7 Å². The molecule has 0 saturated carbocycles. The summed E-state index contributed by atoms with van der Waals surface area (Å²) < 4.78 is 10.6. The van der Waals surface area contributed by atoms with E-state index in [0.29, 0.717) is 35.2 Å². The van der Waals surface area contributed by atoms with Crippen molar-refractivity contribution < 1.29 is 19.1 Å². The summed E-state index contributed by atoms with van der Waals surface area (Å²) in [6, 6.07) is 13.8. The fourth-order valence-electron chi connectivity index (χ4n) is 2.17. The number of anilines is 1. The van der Waals surface area contributed by atoms with Crippen LogP contribution < -0.4 is 20.1 Å². The van der Waals surface area contributed by atoms with Crippen LogP contribution in [0.25, 0.3) is 0 Å². The molecule has 0 aliphatic carbocycles. The van der Waals surface area contributed by atoms with Crippen LogP contribution in [0.3, 0.4) is 0 Å². The first-order valence-corrected chi connectivity index (χ1v) is 8.43. The van der Waals surface area contributed by atoms with E-state index < -0.39 is 0 Å². The summed E-state index contributed by atoms with van der Waals surface area (Å²) >= 11 is 0. The summed E-state index contributed by atoms with van der Waals surface area (Å²) in [5, 5.41) is 5.57. The smallest absolute Gasteiger partial charge is 0.262 e. The van der Waals surface area contributed by atoms with E-state index >= 15 is 0 Å². The molecule has 0 spiro atoms. The molecule has 0 heterocycles. The third-order valence-corrected chi connectivity index (χ3v) is 3.49. The van der Waals surface area contributed by atoms with Crippen LogP contribution in [0.5, 0.6) is 11.5 Å². The average molecular weight is 356 g/mol. The van der Waals surface area contributed by atoms with E-state index in [1.807, 2.05) is 13.8 Å². The van der Waals surface area contributed by atoms with Crippen molar-refractivity contribution in [2.75, 3.05) is 25.6 Å². The van der Waals surface area contributed by atoms with Gasteiger partial charge in [0.2, 0.25) is 0 Å². The number of benzene rings is 2. The number of amides is 2. The van der Waals surface area contributed by atoms with E-state index in [0.717, 1.165) is 0 Å². The Morgan fingerprint density at radius 3 is 2.50 bits per heavy atom. The third kappa shape index (κ3) is 6.12. The van der Waals surface area contributed by atoms with Gasteiger partial charge in [-0.3, -0.25) is 9.59 Å². The molecule has 0 bridgehead atoms. The number of hydrogen-bond donors (Lipinski definition) is 2. The molecule has 2 N–H and O–H groups in total. The predicted molar refractivity (Wildman–Crippen MR) is 101 cm³/mol. The number of carbonyl (C=O) groups excluding carboxylic acids is 2. The van der Waals surface area contributed by atoms with Crippen molar-refractivity contribution in [3.05, 3.63) is 54.1 Å². The molecule has 0 unspecified atom stereocenters. The predicted octanol–water partition coefficient (Wildman–Crippen LogP) is 3.10. The minimum Gasteiger partial charge on any atom is -0.497 e. The van der Waals surface area contributed by atoms with Crippen LogP contribution in [0.4, 0.5) is 5.69 Å². The van der Waals surface area contributed by atoms with Gasteiger partial charge in [0, 0.05) is 23.9 Å². The summed E-state index contributed by atoms with van der Waals surface area (Å²) in [6.45, 7) is 4.51. The molecule has 0 saturated heterocycles. The zero-order valence-corrected chi connectivity index (χ0v) is 15.2. The van der Waals surface area contributed by atoms with Crippen molar-refractivity contribution >= 4 is 17.5 Å². The first kappa shape index (κ1) is 19.3. The fourth-order valence-corrected chi connectivity index (χ4v) is 2.17. The van der Waals surface area contributed by atoms with E-state index in [2.05, 4.69) is 10.6 Å². The lowest BCUT2D eigenvalue weighted by molar-refractivity contribution is -0.118. The summed E-state index contributed by atoms with van der Waals surface area (Å²) in [6.07, 6.45) is 0. The highest BCUT2D eigenvalue weighted by Gasteiger charge is 2.09. The second-order valence-electron chi connectivity index (χ2n) is 6.20. The number of carbonyl (C=O) groups is 2. The lowest BCUT2D eigenvalue weighted by Gasteiger charge is -2.10. The van der Waals surface area contributed by atoms with E-state index in [9.17, 15) is 9.59 Å². The molecule has 26 heavy (non-hydrogen) atoms. The van der Waals surface area contributed by atoms with Crippen LogP contribution in [0.1, 0.15) is 24.2 Å². The second kappa shape index (κ2) is 9.46. The van der Waals surface area contributed by atoms with Gasteiger partial charge in [0.05, 0.1) is 7.11 Å². The Hall–Kier alpha value is -3.02. The van der Waals surface area contributed by atoms with Crippen molar-refractivity contribution in [1.29, 1.82) is 0 Å². The molecular formula is C20H24N2O4. The molecule has 0 aliphatic heterocycles. The molecular weight excluding hydrogens is 332 g/mol. The largest absolute Gasteiger partial charge is 0.497 e. The SMILES string of the molecule is COc1cccc(OCC(=O)Nc2cccc(C(=O)NCC(C)C)c2)c1. The van der Waals surface area contributed by atoms with E-state index in [1.54, 1.807) is 55.6 Å². The molecule has 6 heteroatoms. The Morgan fingerprint density at radius 1 is 1.04 bits per heavy atom. The highest BCUT2D eigenvalue weighted by atomic mass is 16.5. The van der Waals surface area contributed by atoms with E-state index in [-0.39, 0.29) is 18.4 Å². The molecule has 0 aromatic heterocycles. The number of ether oxygens (including phenoxy) is 2. The maximum atomic E-state index is 12.1. The van der Waals surface area contributed by atoms with Crippen molar-refractivity contribution in [2.45, 2.75) is 13.8 Å². The summed E-state index contributed by atoms with van der Waals surface area (Å²) in [7, 11) is 1.57. The van der Waals surface area contributed by atoms with Gasteiger partial charge in [0.1, 0.15) is 11.5 Å². The molecule has 2 aromatic carbocycles. The second-order valence-corrected chi connectivity index (χ2v) is 6.20. The van der Waals surface area contributed by atoms with Gasteiger partial charge in [-0.25, -0.2) is 0 Å². The van der Waals surface area contributed by atoms with Crippen molar-refractivity contribution in [2.24, 2.45) is 5.92 Å². The van der Waals surface area contributed by atoms with Crippen LogP contribution in [-0.2, 0) is 4.79 Å². The lowest BCUT2D eigenvalue weighted by atomic mass is 10.1. The van der Waals surface area contributed by atoms with Crippen LogP contribution in [0.15, 0.2) is 48.5 Å². The molecule has 0 atom stereocenters. The van der Waals surface area contributed by atoms with Crippen molar-refractivity contribution in [3.8, 4) is 11.5 Å². The van der Waals surface area contributed by atoms with Gasteiger partial charge in [0.15, 0.2) is 6.61 Å². The quantitative estimate of drug-likeness (QED) is 0.762. The van der Waals surface area contributed by atoms with Gasteiger partial charge in [-0.2, -0.15) is 0 Å². The van der Waals surface area contributed by atoms with Crippen molar-refractivity contribution in [3.63, 3.8) is 0 Å². The van der Waals surface area contributed by atoms with Crippen LogP contribution in [0.2, 0.25) is 0 Å². The minimum atomic E-state index is -0.312. The Morgan fingerprint density at radius 2 is 1.77 bits per heavy atom. The first-order chi connectivity index (χ1) is 12.5. The van der Waals surface area contributed by atoms with Gasteiger partial charge in [-0.1, -0.05) is 26.0 Å². The van der Waals surface area contributed by atoms with Gasteiger partial charge >= 0.3 is 0 Å². The molecule has 0 radical (unpaired) electrons. The number of rotatable bonds is 8. The zero-order valence-electron chi connectivity index (χ0n) is 15.2. The van der Waals surface area contributed by atoms with Crippen LogP contribution in [-0.4, -0.2) is 32.1 Å². The summed E-state index contributed by atoms with van der Waals surface area (Å²) in [5.41, 5.74) is 1.04. The lowest BCUT2D eigenvalue weighted by Crippen LogP contribution is -2.27. The van der Waals surface area contributed by atoms with Gasteiger partial charge in [-0.05, 0) is 36.2 Å². The van der Waals surface area contributed by atoms with Crippen LogP contribution >= 0.6 is 0 Å². The zero-order chi connectivity index (χ0) is 18.9. The normalized spacial score (nSPS) is 10.3. The number of methoxy groups -OCH3 is 1. The Balaban J connectivity index is 1.90. The van der Waals surface area contributed by atoms with E-state index in [1.165, 1.54) is 0 Å². The summed E-state index contributed by atoms with van der Waals surface area (Å²) in [5.74, 6) is 1.09. The Bertz CT molecular complexity index is 759. The molecule has 2 amide bonds. The number of hydrogen-bond acceptors (Lipinski definition) is 4. The van der Waals surface area contributed by atoms with Crippen LogP contribution in [0, 0.1) is 5.92 Å². The summed E-state index contributed by atoms with van der Waals surface area (Å²) in [4.78, 5) is 24.2. The molecule has 138 valence electrons. The average Bonchev–Trinajstić information content (AvgIpc) is 2.64. The highest BCUT2D eigenvalue weighted by Crippen LogP contribution is 2.19.